The smallest absolute Gasteiger partial charge is 0.330 e. The highest BCUT2D eigenvalue weighted by atomic mass is 16.6. The molecule has 6 N–H and O–H groups in total. The zero-order chi connectivity index (χ0) is 20.6. The number of carbonyl (C=O) groups excluding carboxylic acids is 3. The van der Waals surface area contributed by atoms with Crippen molar-refractivity contribution in [3.8, 4) is 0 Å². The molecule has 0 fully saturated rings. The van der Waals surface area contributed by atoms with Gasteiger partial charge in [0.25, 0.3) is 0 Å². The molecule has 0 radical (unpaired) electrons. The average molecular weight is 378 g/mol. The summed E-state index contributed by atoms with van der Waals surface area (Å²) in [5, 5.41) is 3.48. The highest BCUT2D eigenvalue weighted by molar-refractivity contribution is 5.89. The number of esters is 2. The van der Waals surface area contributed by atoms with Gasteiger partial charge >= 0.3 is 11.9 Å². The van der Waals surface area contributed by atoms with E-state index in [0.29, 0.717) is 6.29 Å². The summed E-state index contributed by atoms with van der Waals surface area (Å²) < 4.78 is 10.3. The lowest BCUT2D eigenvalue weighted by atomic mass is 9.85. The van der Waals surface area contributed by atoms with E-state index in [0.717, 1.165) is 16.7 Å². The zero-order valence-electron chi connectivity index (χ0n) is 15.7. The van der Waals surface area contributed by atoms with Crippen LogP contribution in [0, 0.1) is 6.92 Å². The lowest BCUT2D eigenvalue weighted by Crippen LogP contribution is -2.41. The third-order valence-electron chi connectivity index (χ3n) is 4.20. The number of hydrazone groups is 1. The molecule has 1 rings (SSSR count). The van der Waals surface area contributed by atoms with Gasteiger partial charge in [-0.1, -0.05) is 18.2 Å². The van der Waals surface area contributed by atoms with Gasteiger partial charge in [-0.3, -0.25) is 4.79 Å². The SMILES string of the molecule is COC(C)(CC(N)C(=O)OC(=O)CC(N)C=O)c1ccc(C=NN)cc1C. The zero-order valence-corrected chi connectivity index (χ0v) is 15.7. The number of hydrogen-bond donors (Lipinski definition) is 3. The van der Waals surface area contributed by atoms with Crippen LogP contribution in [-0.4, -0.2) is 43.6 Å². The first-order valence-corrected chi connectivity index (χ1v) is 8.27. The second-order valence-electron chi connectivity index (χ2n) is 6.40. The van der Waals surface area contributed by atoms with Crippen LogP contribution in [0.3, 0.4) is 0 Å². The molecule has 9 heteroatoms. The van der Waals surface area contributed by atoms with E-state index < -0.39 is 36.0 Å². The van der Waals surface area contributed by atoms with Crippen LogP contribution in [-0.2, 0) is 29.5 Å². The maximum absolute atomic E-state index is 12.1. The summed E-state index contributed by atoms with van der Waals surface area (Å²) in [6.07, 6.45) is 1.59. The van der Waals surface area contributed by atoms with Crippen LogP contribution in [0.25, 0.3) is 0 Å². The topological polar surface area (TPSA) is 160 Å². The fourth-order valence-corrected chi connectivity index (χ4v) is 2.72. The Morgan fingerprint density at radius 3 is 2.52 bits per heavy atom. The molecular weight excluding hydrogens is 352 g/mol. The van der Waals surface area contributed by atoms with E-state index in [1.54, 1.807) is 6.92 Å². The summed E-state index contributed by atoms with van der Waals surface area (Å²) in [7, 11) is 1.50. The number of nitrogens with zero attached hydrogens (tertiary/aromatic N) is 1. The molecule has 0 aliphatic rings. The minimum atomic E-state index is -1.11. The van der Waals surface area contributed by atoms with E-state index >= 15 is 0 Å². The molecule has 0 saturated heterocycles. The van der Waals surface area contributed by atoms with Gasteiger partial charge in [-0.25, -0.2) is 4.79 Å². The van der Waals surface area contributed by atoms with Crippen LogP contribution in [0.15, 0.2) is 23.3 Å². The number of nitrogens with two attached hydrogens (primary N) is 3. The lowest BCUT2D eigenvalue weighted by molar-refractivity contribution is -0.162. The van der Waals surface area contributed by atoms with Crippen molar-refractivity contribution in [3.05, 3.63) is 34.9 Å². The minimum Gasteiger partial charge on any atom is -0.392 e. The molecule has 0 spiro atoms. The van der Waals surface area contributed by atoms with Crippen LogP contribution in [0.2, 0.25) is 0 Å². The molecular formula is C18H26N4O5. The molecule has 0 heterocycles. The van der Waals surface area contributed by atoms with Crippen molar-refractivity contribution in [1.82, 2.24) is 0 Å². The second-order valence-corrected chi connectivity index (χ2v) is 6.40. The molecule has 1 aromatic carbocycles. The van der Waals surface area contributed by atoms with Crippen LogP contribution >= 0.6 is 0 Å². The van der Waals surface area contributed by atoms with Crippen molar-refractivity contribution in [3.63, 3.8) is 0 Å². The Hall–Kier alpha value is -2.62. The van der Waals surface area contributed by atoms with E-state index in [2.05, 4.69) is 9.84 Å². The standard InChI is InChI=1S/C18H26N4O5/c1-11-6-12(9-22-21)4-5-14(11)18(2,26-3)8-15(20)17(25)27-16(24)7-13(19)10-23/h4-6,9-10,13,15H,7-8,19-21H2,1-3H3. The Balaban J connectivity index is 2.90. The van der Waals surface area contributed by atoms with Crippen LogP contribution in [0.4, 0.5) is 0 Å². The Labute approximate surface area is 157 Å². The van der Waals surface area contributed by atoms with E-state index in [4.69, 9.17) is 22.0 Å². The highest BCUT2D eigenvalue weighted by Crippen LogP contribution is 2.32. The number of carbonyl (C=O) groups is 3. The normalized spacial score (nSPS) is 15.7. The first-order chi connectivity index (χ1) is 12.7. The van der Waals surface area contributed by atoms with Crippen molar-refractivity contribution in [2.75, 3.05) is 7.11 Å². The van der Waals surface area contributed by atoms with E-state index in [1.807, 2.05) is 25.1 Å². The monoisotopic (exact) mass is 378 g/mol. The quantitative estimate of drug-likeness (QED) is 0.134. The third-order valence-corrected chi connectivity index (χ3v) is 4.20. The average Bonchev–Trinajstić information content (AvgIpc) is 2.61. The van der Waals surface area contributed by atoms with Crippen LogP contribution < -0.4 is 17.3 Å². The summed E-state index contributed by atoms with van der Waals surface area (Å²) in [4.78, 5) is 34.1. The molecule has 0 aliphatic carbocycles. The van der Waals surface area contributed by atoms with Gasteiger partial charge < -0.3 is 31.6 Å². The molecule has 148 valence electrons. The summed E-state index contributed by atoms with van der Waals surface area (Å²) in [5.41, 5.74) is 12.9. The summed E-state index contributed by atoms with van der Waals surface area (Å²) in [6.45, 7) is 3.66. The van der Waals surface area contributed by atoms with Crippen LogP contribution in [0.5, 0.6) is 0 Å². The van der Waals surface area contributed by atoms with Gasteiger partial charge in [-0.15, -0.1) is 0 Å². The first kappa shape index (κ1) is 22.4. The molecule has 0 bridgehead atoms. The molecule has 0 amide bonds. The van der Waals surface area contributed by atoms with Crippen molar-refractivity contribution in [2.45, 2.75) is 44.4 Å². The number of aldehydes is 1. The Morgan fingerprint density at radius 2 is 2.00 bits per heavy atom. The maximum atomic E-state index is 12.1. The molecule has 3 atom stereocenters. The number of ether oxygens (including phenoxy) is 2. The number of benzene rings is 1. The Morgan fingerprint density at radius 1 is 1.33 bits per heavy atom. The number of aryl methyl sites for hydroxylation is 1. The molecule has 1 aromatic rings. The van der Waals surface area contributed by atoms with Gasteiger partial charge in [-0.05, 0) is 30.5 Å². The summed E-state index contributed by atoms with van der Waals surface area (Å²) in [5.74, 6) is 3.34. The number of methoxy groups -OCH3 is 1. The Bertz CT molecular complexity index is 722. The molecule has 0 saturated carbocycles. The molecule has 9 nitrogen and oxygen atoms in total. The molecule has 0 aromatic heterocycles. The van der Waals surface area contributed by atoms with Crippen molar-refractivity contribution in [2.24, 2.45) is 22.4 Å². The fraction of sp³-hybridized carbons (Fsp3) is 0.444. The van der Waals surface area contributed by atoms with E-state index in [-0.39, 0.29) is 6.42 Å². The third kappa shape index (κ3) is 6.24. The largest absolute Gasteiger partial charge is 0.392 e. The molecule has 27 heavy (non-hydrogen) atoms. The lowest BCUT2D eigenvalue weighted by Gasteiger charge is -2.32. The number of rotatable bonds is 9. The predicted octanol–water partition coefficient (Wildman–Crippen LogP) is -0.147. The second kappa shape index (κ2) is 9.91. The van der Waals surface area contributed by atoms with Crippen LogP contribution in [0.1, 0.15) is 36.5 Å². The first-order valence-electron chi connectivity index (χ1n) is 8.27. The van der Waals surface area contributed by atoms with Crippen molar-refractivity contribution >= 4 is 24.4 Å². The van der Waals surface area contributed by atoms with E-state index in [1.165, 1.54) is 13.3 Å². The minimum absolute atomic E-state index is 0.0700. The maximum Gasteiger partial charge on any atom is 0.330 e. The summed E-state index contributed by atoms with van der Waals surface area (Å²) >= 11 is 0. The fourth-order valence-electron chi connectivity index (χ4n) is 2.72. The van der Waals surface area contributed by atoms with Crippen molar-refractivity contribution in [1.29, 1.82) is 0 Å². The molecule has 0 aliphatic heterocycles. The van der Waals surface area contributed by atoms with E-state index in [9.17, 15) is 14.4 Å². The van der Waals surface area contributed by atoms with Gasteiger partial charge in [0, 0.05) is 13.5 Å². The number of hydrogen-bond acceptors (Lipinski definition) is 9. The highest BCUT2D eigenvalue weighted by Gasteiger charge is 2.34. The van der Waals surface area contributed by atoms with Crippen molar-refractivity contribution < 1.29 is 23.9 Å². The molecule has 3 unspecified atom stereocenters. The van der Waals surface area contributed by atoms with Gasteiger partial charge in [0.1, 0.15) is 12.3 Å². The van der Waals surface area contributed by atoms with Gasteiger partial charge in [0.05, 0.1) is 24.3 Å². The van der Waals surface area contributed by atoms with Gasteiger partial charge in [0.15, 0.2) is 0 Å². The summed E-state index contributed by atoms with van der Waals surface area (Å²) in [6, 6.07) is 3.38. The predicted molar refractivity (Wildman–Crippen MR) is 99.7 cm³/mol. The Kier molecular flexibility index (Phi) is 8.23. The van der Waals surface area contributed by atoms with Gasteiger partial charge in [-0.2, -0.15) is 5.10 Å². The van der Waals surface area contributed by atoms with Gasteiger partial charge in [0.2, 0.25) is 0 Å².